The summed E-state index contributed by atoms with van der Waals surface area (Å²) in [6.07, 6.45) is 5.61. The third-order valence-electron chi connectivity index (χ3n) is 2.57. The van der Waals surface area contributed by atoms with Crippen LogP contribution < -0.4 is 4.74 Å². The minimum Gasteiger partial charge on any atom is -0.438 e. The summed E-state index contributed by atoms with van der Waals surface area (Å²) in [4.78, 5) is 0. The molecule has 0 N–H and O–H groups in total. The first kappa shape index (κ1) is 11.7. The van der Waals surface area contributed by atoms with E-state index in [1.807, 2.05) is 47.3 Å². The van der Waals surface area contributed by atoms with Crippen molar-refractivity contribution in [2.24, 2.45) is 0 Å². The molecule has 0 radical (unpaired) electrons. The zero-order valence-electron chi connectivity index (χ0n) is 10.2. The van der Waals surface area contributed by atoms with Gasteiger partial charge < -0.3 is 4.74 Å². The van der Waals surface area contributed by atoms with Gasteiger partial charge in [0.1, 0.15) is 5.75 Å². The Morgan fingerprint density at radius 1 is 1.12 bits per heavy atom. The minimum absolute atomic E-state index is 0.660. The molecule has 0 unspecified atom stereocenters. The maximum atomic E-state index is 5.63. The van der Waals surface area contributed by atoms with Crippen LogP contribution in [0.5, 0.6) is 11.6 Å². The van der Waals surface area contributed by atoms with E-state index in [0.717, 1.165) is 12.3 Å². The lowest BCUT2D eigenvalue weighted by Gasteiger charge is -2.01. The maximum absolute atomic E-state index is 5.63. The molecule has 1 aromatic heterocycles. The summed E-state index contributed by atoms with van der Waals surface area (Å²) in [6.45, 7) is 3.17. The van der Waals surface area contributed by atoms with Gasteiger partial charge in [0.25, 0.3) is 0 Å². The van der Waals surface area contributed by atoms with Crippen LogP contribution >= 0.6 is 0 Å². The minimum atomic E-state index is 0.660. The summed E-state index contributed by atoms with van der Waals surface area (Å²) in [7, 11) is 0. The van der Waals surface area contributed by atoms with Crippen LogP contribution in [0.15, 0.2) is 42.6 Å². The molecule has 3 heteroatoms. The van der Waals surface area contributed by atoms with Crippen LogP contribution in [0, 0.1) is 0 Å². The molecule has 0 aliphatic rings. The third kappa shape index (κ3) is 3.63. The monoisotopic (exact) mass is 230 g/mol. The zero-order chi connectivity index (χ0) is 11.9. The molecular formula is C14H18N2O. The highest BCUT2D eigenvalue weighted by molar-refractivity contribution is 5.25. The van der Waals surface area contributed by atoms with E-state index in [9.17, 15) is 0 Å². The second kappa shape index (κ2) is 6.09. The number of hydrogen-bond acceptors (Lipinski definition) is 2. The lowest BCUT2D eigenvalue weighted by Crippen LogP contribution is -1.98. The number of unbranched alkanes of at least 4 members (excludes halogenated alkanes) is 2. The predicted octanol–water partition coefficient (Wildman–Crippen LogP) is 3.87. The van der Waals surface area contributed by atoms with Crippen molar-refractivity contribution < 1.29 is 4.74 Å². The number of benzene rings is 1. The zero-order valence-corrected chi connectivity index (χ0v) is 10.2. The van der Waals surface area contributed by atoms with Crippen molar-refractivity contribution in [2.75, 3.05) is 0 Å². The molecule has 0 aliphatic carbocycles. The molecule has 1 heterocycles. The third-order valence-corrected chi connectivity index (χ3v) is 2.57. The molecule has 0 fully saturated rings. The highest BCUT2D eigenvalue weighted by Gasteiger charge is 2.00. The topological polar surface area (TPSA) is 27.1 Å². The molecule has 2 rings (SSSR count). The summed E-state index contributed by atoms with van der Waals surface area (Å²) in [5.74, 6) is 1.49. The molecule has 3 nitrogen and oxygen atoms in total. The van der Waals surface area contributed by atoms with Gasteiger partial charge in [0, 0.05) is 18.8 Å². The van der Waals surface area contributed by atoms with Crippen LogP contribution in [0.4, 0.5) is 0 Å². The molecule has 2 aromatic rings. The van der Waals surface area contributed by atoms with Crippen LogP contribution in [0.2, 0.25) is 0 Å². The molecule has 0 saturated heterocycles. The Morgan fingerprint density at radius 3 is 2.71 bits per heavy atom. The number of aryl methyl sites for hydroxylation is 1. The molecule has 0 saturated carbocycles. The van der Waals surface area contributed by atoms with Crippen LogP contribution in [0.25, 0.3) is 0 Å². The van der Waals surface area contributed by atoms with Gasteiger partial charge in [-0.15, -0.1) is 5.10 Å². The number of hydrogen-bond donors (Lipinski definition) is 0. The van der Waals surface area contributed by atoms with Crippen molar-refractivity contribution in [3.05, 3.63) is 42.6 Å². The Morgan fingerprint density at radius 2 is 1.94 bits per heavy atom. The quantitative estimate of drug-likeness (QED) is 0.704. The number of rotatable bonds is 6. The summed E-state index contributed by atoms with van der Waals surface area (Å²) < 4.78 is 7.57. The van der Waals surface area contributed by atoms with Gasteiger partial charge in [-0.2, -0.15) is 0 Å². The lowest BCUT2D eigenvalue weighted by molar-refractivity contribution is 0.443. The van der Waals surface area contributed by atoms with Gasteiger partial charge in [-0.05, 0) is 18.6 Å². The van der Waals surface area contributed by atoms with Crippen molar-refractivity contribution in [3.63, 3.8) is 0 Å². The predicted molar refractivity (Wildman–Crippen MR) is 68.3 cm³/mol. The van der Waals surface area contributed by atoms with Crippen molar-refractivity contribution in [3.8, 4) is 11.6 Å². The molecule has 0 bridgehead atoms. The van der Waals surface area contributed by atoms with Crippen molar-refractivity contribution in [2.45, 2.75) is 32.7 Å². The SMILES string of the molecule is CCCCCn1ccc(Oc2ccccc2)n1. The van der Waals surface area contributed by atoms with Gasteiger partial charge in [0.05, 0.1) is 0 Å². The highest BCUT2D eigenvalue weighted by Crippen LogP contribution is 2.18. The number of ether oxygens (including phenoxy) is 1. The highest BCUT2D eigenvalue weighted by atomic mass is 16.5. The molecule has 0 aliphatic heterocycles. The number of aromatic nitrogens is 2. The van der Waals surface area contributed by atoms with E-state index >= 15 is 0 Å². The average Bonchev–Trinajstić information content (AvgIpc) is 2.79. The molecule has 17 heavy (non-hydrogen) atoms. The van der Waals surface area contributed by atoms with Crippen LogP contribution in [-0.4, -0.2) is 9.78 Å². The smallest absolute Gasteiger partial charge is 0.238 e. The van der Waals surface area contributed by atoms with Gasteiger partial charge in [0.2, 0.25) is 5.88 Å². The van der Waals surface area contributed by atoms with E-state index in [-0.39, 0.29) is 0 Å². The fourth-order valence-electron chi connectivity index (χ4n) is 1.66. The molecule has 90 valence electrons. The molecule has 0 atom stereocenters. The lowest BCUT2D eigenvalue weighted by atomic mass is 10.2. The summed E-state index contributed by atoms with van der Waals surface area (Å²) in [5.41, 5.74) is 0. The largest absolute Gasteiger partial charge is 0.438 e. The van der Waals surface area contributed by atoms with Gasteiger partial charge in [-0.1, -0.05) is 38.0 Å². The number of nitrogens with zero attached hydrogens (tertiary/aromatic N) is 2. The van der Waals surface area contributed by atoms with Crippen molar-refractivity contribution in [1.82, 2.24) is 9.78 Å². The average molecular weight is 230 g/mol. The summed E-state index contributed by atoms with van der Waals surface area (Å²) >= 11 is 0. The first-order chi connectivity index (χ1) is 8.38. The second-order valence-corrected chi connectivity index (χ2v) is 4.04. The van der Waals surface area contributed by atoms with E-state index in [1.54, 1.807) is 0 Å². The van der Waals surface area contributed by atoms with Crippen molar-refractivity contribution in [1.29, 1.82) is 0 Å². The Bertz CT molecular complexity index is 436. The number of para-hydroxylation sites is 1. The Hall–Kier alpha value is -1.77. The molecule has 0 spiro atoms. The van der Waals surface area contributed by atoms with Crippen LogP contribution in [0.1, 0.15) is 26.2 Å². The molecular weight excluding hydrogens is 212 g/mol. The second-order valence-electron chi connectivity index (χ2n) is 4.04. The van der Waals surface area contributed by atoms with Gasteiger partial charge in [-0.3, -0.25) is 4.68 Å². The van der Waals surface area contributed by atoms with Gasteiger partial charge in [-0.25, -0.2) is 0 Å². The van der Waals surface area contributed by atoms with E-state index < -0.39 is 0 Å². The van der Waals surface area contributed by atoms with Crippen LogP contribution in [-0.2, 0) is 6.54 Å². The first-order valence-electron chi connectivity index (χ1n) is 6.15. The Balaban J connectivity index is 1.90. The molecule has 1 aromatic carbocycles. The van der Waals surface area contributed by atoms with Gasteiger partial charge in [0.15, 0.2) is 0 Å². The fraction of sp³-hybridized carbons (Fsp3) is 0.357. The maximum Gasteiger partial charge on any atom is 0.238 e. The first-order valence-corrected chi connectivity index (χ1v) is 6.15. The van der Waals surface area contributed by atoms with Crippen molar-refractivity contribution >= 4 is 0 Å². The summed E-state index contributed by atoms with van der Waals surface area (Å²) in [6, 6.07) is 11.6. The summed E-state index contributed by atoms with van der Waals surface area (Å²) in [5, 5.41) is 4.37. The van der Waals surface area contributed by atoms with Crippen LogP contribution in [0.3, 0.4) is 0 Å². The normalized spacial score (nSPS) is 10.4. The van der Waals surface area contributed by atoms with E-state index in [2.05, 4.69) is 12.0 Å². The Labute approximate surface area is 102 Å². The van der Waals surface area contributed by atoms with E-state index in [1.165, 1.54) is 19.3 Å². The van der Waals surface area contributed by atoms with E-state index in [4.69, 9.17) is 4.74 Å². The van der Waals surface area contributed by atoms with Gasteiger partial charge >= 0.3 is 0 Å². The Kier molecular flexibility index (Phi) is 4.19. The van der Waals surface area contributed by atoms with E-state index in [0.29, 0.717) is 5.88 Å². The standard InChI is InChI=1S/C14H18N2O/c1-2-3-7-11-16-12-10-14(15-16)17-13-8-5-4-6-9-13/h4-6,8-10,12H,2-3,7,11H2,1H3. The molecule has 0 amide bonds. The fourth-order valence-corrected chi connectivity index (χ4v) is 1.66.